The molecule has 0 heterocycles. The van der Waals surface area contributed by atoms with Crippen LogP contribution in [0.25, 0.3) is 0 Å². The summed E-state index contributed by atoms with van der Waals surface area (Å²) in [4.78, 5) is 11.4. The zero-order valence-corrected chi connectivity index (χ0v) is 10.3. The van der Waals surface area contributed by atoms with Gasteiger partial charge >= 0.3 is 5.97 Å². The van der Waals surface area contributed by atoms with E-state index in [0.29, 0.717) is 6.61 Å². The topological polar surface area (TPSA) is 26.3 Å². The molecular formula is C14H20O2. The van der Waals surface area contributed by atoms with Gasteiger partial charge in [0.25, 0.3) is 0 Å². The fourth-order valence-electron chi connectivity index (χ4n) is 1.46. The number of hydrogen-bond donors (Lipinski definition) is 0. The van der Waals surface area contributed by atoms with E-state index in [-0.39, 0.29) is 11.9 Å². The van der Waals surface area contributed by atoms with Crippen molar-refractivity contribution in [2.75, 3.05) is 6.61 Å². The molecule has 0 saturated heterocycles. The van der Waals surface area contributed by atoms with Gasteiger partial charge in [0.05, 0.1) is 12.5 Å². The maximum atomic E-state index is 11.4. The van der Waals surface area contributed by atoms with Gasteiger partial charge < -0.3 is 4.74 Å². The number of aryl methyl sites for hydroxylation is 1. The summed E-state index contributed by atoms with van der Waals surface area (Å²) in [7, 11) is 0. The molecule has 0 aliphatic heterocycles. The van der Waals surface area contributed by atoms with Gasteiger partial charge in [-0.2, -0.15) is 0 Å². The highest BCUT2D eigenvalue weighted by Crippen LogP contribution is 2.09. The Morgan fingerprint density at radius 1 is 1.38 bits per heavy atom. The Labute approximate surface area is 97.6 Å². The predicted octanol–water partition coefficient (Wildman–Crippen LogP) is 3.13. The Morgan fingerprint density at radius 3 is 2.69 bits per heavy atom. The highest BCUT2D eigenvalue weighted by molar-refractivity contribution is 5.71. The van der Waals surface area contributed by atoms with Crippen molar-refractivity contribution in [3.8, 4) is 0 Å². The molecule has 2 heteroatoms. The van der Waals surface area contributed by atoms with Crippen LogP contribution in [-0.4, -0.2) is 12.6 Å². The fraction of sp³-hybridized carbons (Fsp3) is 0.500. The molecule has 2 nitrogen and oxygen atoms in total. The Morgan fingerprint density at radius 2 is 2.06 bits per heavy atom. The minimum atomic E-state index is -0.0870. The first-order valence-electron chi connectivity index (χ1n) is 5.86. The third-order valence-corrected chi connectivity index (χ3v) is 2.89. The van der Waals surface area contributed by atoms with Gasteiger partial charge in [-0.15, -0.1) is 0 Å². The molecular weight excluding hydrogens is 200 g/mol. The van der Waals surface area contributed by atoms with Crippen molar-refractivity contribution in [1.29, 1.82) is 0 Å². The van der Waals surface area contributed by atoms with Crippen molar-refractivity contribution in [3.05, 3.63) is 35.4 Å². The van der Waals surface area contributed by atoms with Crippen LogP contribution in [0, 0.1) is 12.8 Å². The lowest BCUT2D eigenvalue weighted by atomic mass is 10.1. The summed E-state index contributed by atoms with van der Waals surface area (Å²) in [5, 5.41) is 0. The van der Waals surface area contributed by atoms with Crippen molar-refractivity contribution in [3.63, 3.8) is 0 Å². The maximum absolute atomic E-state index is 11.4. The first-order chi connectivity index (χ1) is 7.65. The average molecular weight is 220 g/mol. The Hall–Kier alpha value is -1.31. The van der Waals surface area contributed by atoms with E-state index in [4.69, 9.17) is 4.74 Å². The van der Waals surface area contributed by atoms with Gasteiger partial charge in [0.15, 0.2) is 0 Å². The molecule has 0 aliphatic rings. The molecule has 1 rings (SSSR count). The lowest BCUT2D eigenvalue weighted by Gasteiger charge is -2.10. The van der Waals surface area contributed by atoms with E-state index in [9.17, 15) is 4.79 Å². The highest BCUT2D eigenvalue weighted by Gasteiger charge is 2.11. The molecule has 1 unspecified atom stereocenters. The minimum Gasteiger partial charge on any atom is -0.465 e. The number of esters is 1. The standard InChI is InChI=1S/C14H20O2/c1-4-11(2)14(15)16-10-9-13-8-6-5-7-12(13)3/h5-8,11H,4,9-10H2,1-3H3. The average Bonchev–Trinajstić information content (AvgIpc) is 2.30. The third kappa shape index (κ3) is 3.69. The second-order valence-corrected chi connectivity index (χ2v) is 4.15. The molecule has 0 N–H and O–H groups in total. The zero-order chi connectivity index (χ0) is 12.0. The zero-order valence-electron chi connectivity index (χ0n) is 10.3. The predicted molar refractivity (Wildman–Crippen MR) is 65.3 cm³/mol. The van der Waals surface area contributed by atoms with E-state index in [1.165, 1.54) is 11.1 Å². The number of hydrogen-bond acceptors (Lipinski definition) is 2. The van der Waals surface area contributed by atoms with Crippen molar-refractivity contribution >= 4 is 5.97 Å². The van der Waals surface area contributed by atoms with Crippen LogP contribution < -0.4 is 0 Å². The summed E-state index contributed by atoms with van der Waals surface area (Å²) in [6.07, 6.45) is 1.64. The Bertz CT molecular complexity index is 344. The quantitative estimate of drug-likeness (QED) is 0.713. The monoisotopic (exact) mass is 220 g/mol. The molecule has 0 aliphatic carbocycles. The molecule has 0 aromatic heterocycles. The third-order valence-electron chi connectivity index (χ3n) is 2.89. The first kappa shape index (κ1) is 12.8. The summed E-state index contributed by atoms with van der Waals surface area (Å²) in [5.74, 6) is -0.0760. The van der Waals surface area contributed by atoms with Crippen molar-refractivity contribution in [1.82, 2.24) is 0 Å². The molecule has 0 spiro atoms. The van der Waals surface area contributed by atoms with Crippen LogP contribution in [0.3, 0.4) is 0 Å². The van der Waals surface area contributed by atoms with Gasteiger partial charge in [-0.3, -0.25) is 4.79 Å². The molecule has 0 saturated carbocycles. The van der Waals surface area contributed by atoms with E-state index in [1.54, 1.807) is 0 Å². The van der Waals surface area contributed by atoms with Gasteiger partial charge in [0.2, 0.25) is 0 Å². The summed E-state index contributed by atoms with van der Waals surface area (Å²) in [5.41, 5.74) is 2.50. The first-order valence-corrected chi connectivity index (χ1v) is 5.86. The van der Waals surface area contributed by atoms with Crippen LogP contribution >= 0.6 is 0 Å². The molecule has 1 aromatic carbocycles. The van der Waals surface area contributed by atoms with Crippen LogP contribution in [-0.2, 0) is 16.0 Å². The maximum Gasteiger partial charge on any atom is 0.308 e. The lowest BCUT2D eigenvalue weighted by molar-refractivity contribution is -0.147. The van der Waals surface area contributed by atoms with Crippen molar-refractivity contribution in [2.45, 2.75) is 33.6 Å². The van der Waals surface area contributed by atoms with Gasteiger partial charge in [-0.05, 0) is 24.5 Å². The second-order valence-electron chi connectivity index (χ2n) is 4.15. The largest absolute Gasteiger partial charge is 0.465 e. The molecule has 0 fully saturated rings. The SMILES string of the molecule is CCC(C)C(=O)OCCc1ccccc1C. The van der Waals surface area contributed by atoms with Crippen molar-refractivity contribution in [2.24, 2.45) is 5.92 Å². The van der Waals surface area contributed by atoms with Crippen molar-refractivity contribution < 1.29 is 9.53 Å². The van der Waals surface area contributed by atoms with Crippen LogP contribution in [0.1, 0.15) is 31.4 Å². The Balaban J connectivity index is 2.36. The smallest absolute Gasteiger partial charge is 0.308 e. The van der Waals surface area contributed by atoms with Crippen LogP contribution in [0.15, 0.2) is 24.3 Å². The van der Waals surface area contributed by atoms with Gasteiger partial charge in [-0.25, -0.2) is 0 Å². The number of carbonyl (C=O) groups excluding carboxylic acids is 1. The van der Waals surface area contributed by atoms with Gasteiger partial charge in [-0.1, -0.05) is 38.1 Å². The molecule has 16 heavy (non-hydrogen) atoms. The van der Waals surface area contributed by atoms with Gasteiger partial charge in [0.1, 0.15) is 0 Å². The molecule has 1 aromatic rings. The number of benzene rings is 1. The Kier molecular flexibility index (Phi) is 5.03. The molecule has 0 radical (unpaired) electrons. The second kappa shape index (κ2) is 6.31. The lowest BCUT2D eigenvalue weighted by Crippen LogP contribution is -2.15. The van der Waals surface area contributed by atoms with Crippen LogP contribution in [0.5, 0.6) is 0 Å². The molecule has 0 bridgehead atoms. The molecule has 88 valence electrons. The summed E-state index contributed by atoms with van der Waals surface area (Å²) in [6.45, 7) is 6.45. The minimum absolute atomic E-state index is 0.0110. The fourth-order valence-corrected chi connectivity index (χ4v) is 1.46. The van der Waals surface area contributed by atoms with E-state index >= 15 is 0 Å². The molecule has 0 amide bonds. The normalized spacial score (nSPS) is 12.2. The summed E-state index contributed by atoms with van der Waals surface area (Å²) >= 11 is 0. The number of ether oxygens (including phenoxy) is 1. The highest BCUT2D eigenvalue weighted by atomic mass is 16.5. The van der Waals surface area contributed by atoms with Crippen LogP contribution in [0.4, 0.5) is 0 Å². The van der Waals surface area contributed by atoms with Crippen LogP contribution in [0.2, 0.25) is 0 Å². The van der Waals surface area contributed by atoms with Gasteiger partial charge in [0, 0.05) is 6.42 Å². The van der Waals surface area contributed by atoms with E-state index in [1.807, 2.05) is 26.0 Å². The summed E-state index contributed by atoms with van der Waals surface area (Å²) in [6, 6.07) is 8.18. The number of rotatable bonds is 5. The molecule has 1 atom stereocenters. The number of carbonyl (C=O) groups is 1. The van der Waals surface area contributed by atoms with E-state index in [2.05, 4.69) is 19.1 Å². The van der Waals surface area contributed by atoms with E-state index in [0.717, 1.165) is 12.8 Å². The van der Waals surface area contributed by atoms with E-state index < -0.39 is 0 Å². The summed E-state index contributed by atoms with van der Waals surface area (Å²) < 4.78 is 5.21.